The van der Waals surface area contributed by atoms with Crippen molar-refractivity contribution in [1.29, 1.82) is 0 Å². The Morgan fingerprint density at radius 1 is 1.20 bits per heavy atom. The van der Waals surface area contributed by atoms with Crippen LogP contribution in [-0.4, -0.2) is 31.8 Å². The fourth-order valence-electron chi connectivity index (χ4n) is 3.05. The van der Waals surface area contributed by atoms with Crippen LogP contribution in [0.2, 0.25) is 0 Å². The summed E-state index contributed by atoms with van der Waals surface area (Å²) in [7, 11) is 0. The normalized spacial score (nSPS) is 20.4. The number of ether oxygens (including phenoxy) is 1. The third kappa shape index (κ3) is 2.73. The second kappa shape index (κ2) is 6.05. The van der Waals surface area contributed by atoms with E-state index in [4.69, 9.17) is 9.84 Å². The average Bonchev–Trinajstić information content (AvgIpc) is 3.26. The predicted molar refractivity (Wildman–Crippen MR) is 85.0 cm³/mol. The number of hydrogen-bond acceptors (Lipinski definition) is 4. The van der Waals surface area contributed by atoms with Gasteiger partial charge in [0.15, 0.2) is 11.5 Å². The van der Waals surface area contributed by atoms with E-state index in [0.717, 1.165) is 10.6 Å². The molecule has 6 nitrogen and oxygen atoms in total. The highest BCUT2D eigenvalue weighted by Crippen LogP contribution is 2.27. The molecule has 1 aliphatic heterocycles. The molecule has 130 valence electrons. The lowest BCUT2D eigenvalue weighted by Gasteiger charge is -2.15. The fourth-order valence-corrected chi connectivity index (χ4v) is 3.05. The Morgan fingerprint density at radius 2 is 1.96 bits per heavy atom. The van der Waals surface area contributed by atoms with E-state index in [1.54, 1.807) is 0 Å². The van der Waals surface area contributed by atoms with Gasteiger partial charge in [0.2, 0.25) is 0 Å². The van der Waals surface area contributed by atoms with Crippen molar-refractivity contribution in [1.82, 2.24) is 14.0 Å². The van der Waals surface area contributed by atoms with Crippen LogP contribution in [0, 0.1) is 11.6 Å². The minimum absolute atomic E-state index is 0.0997. The van der Waals surface area contributed by atoms with Gasteiger partial charge in [0.05, 0.1) is 24.6 Å². The zero-order valence-corrected chi connectivity index (χ0v) is 13.1. The van der Waals surface area contributed by atoms with Crippen LogP contribution in [-0.2, 0) is 4.74 Å². The maximum atomic E-state index is 14.4. The molecule has 0 radical (unpaired) electrons. The number of aromatic nitrogens is 3. The van der Waals surface area contributed by atoms with Crippen molar-refractivity contribution in [3.05, 3.63) is 58.8 Å². The van der Waals surface area contributed by atoms with E-state index in [1.165, 1.54) is 35.0 Å². The summed E-state index contributed by atoms with van der Waals surface area (Å²) in [5.74, 6) is -1.05. The molecule has 25 heavy (non-hydrogen) atoms. The maximum Gasteiger partial charge on any atom is 0.336 e. The van der Waals surface area contributed by atoms with Crippen LogP contribution in [0.25, 0.3) is 16.9 Å². The molecule has 1 aromatic carbocycles. The molecule has 0 amide bonds. The highest BCUT2D eigenvalue weighted by molar-refractivity contribution is 5.62. The molecule has 3 heterocycles. The Labute approximate surface area is 140 Å². The van der Waals surface area contributed by atoms with Crippen molar-refractivity contribution >= 4 is 5.65 Å². The second-order valence-electron chi connectivity index (χ2n) is 5.97. The average molecular weight is 347 g/mol. The SMILES string of the molecule is O=c1n([C@@H]2CC[C@@H](CO)O2)cc(F)c2nc(-c3ccc(F)cc3)cn12. The highest BCUT2D eigenvalue weighted by atomic mass is 19.1. The van der Waals surface area contributed by atoms with Gasteiger partial charge >= 0.3 is 5.69 Å². The molecule has 3 aromatic rings. The zero-order valence-electron chi connectivity index (χ0n) is 13.1. The summed E-state index contributed by atoms with van der Waals surface area (Å²) >= 11 is 0. The lowest BCUT2D eigenvalue weighted by molar-refractivity contribution is -0.0251. The number of rotatable bonds is 3. The van der Waals surface area contributed by atoms with Gasteiger partial charge in [0.25, 0.3) is 0 Å². The van der Waals surface area contributed by atoms with Crippen LogP contribution >= 0.6 is 0 Å². The summed E-state index contributed by atoms with van der Waals surface area (Å²) in [6.07, 6.45) is 2.62. The maximum absolute atomic E-state index is 14.4. The van der Waals surface area contributed by atoms with Gasteiger partial charge < -0.3 is 9.84 Å². The first-order valence-corrected chi connectivity index (χ1v) is 7.89. The predicted octanol–water partition coefficient (Wildman–Crippen LogP) is 2.11. The number of benzene rings is 1. The summed E-state index contributed by atoms with van der Waals surface area (Å²) < 4.78 is 35.3. The van der Waals surface area contributed by atoms with Gasteiger partial charge in [-0.2, -0.15) is 0 Å². The molecule has 1 aliphatic rings. The molecule has 1 saturated heterocycles. The van der Waals surface area contributed by atoms with E-state index in [-0.39, 0.29) is 18.4 Å². The third-order valence-corrected chi connectivity index (χ3v) is 4.34. The van der Waals surface area contributed by atoms with E-state index in [0.29, 0.717) is 24.1 Å². The van der Waals surface area contributed by atoms with Gasteiger partial charge in [-0.1, -0.05) is 0 Å². The molecule has 0 bridgehead atoms. The first kappa shape index (κ1) is 15.9. The lowest BCUT2D eigenvalue weighted by Crippen LogP contribution is -2.30. The molecule has 0 aliphatic carbocycles. The molecule has 8 heteroatoms. The van der Waals surface area contributed by atoms with Gasteiger partial charge in [-0.25, -0.2) is 23.0 Å². The van der Waals surface area contributed by atoms with Crippen molar-refractivity contribution in [2.45, 2.75) is 25.2 Å². The van der Waals surface area contributed by atoms with Crippen LogP contribution in [0.15, 0.2) is 41.5 Å². The third-order valence-electron chi connectivity index (χ3n) is 4.34. The second-order valence-corrected chi connectivity index (χ2v) is 5.97. The van der Waals surface area contributed by atoms with Gasteiger partial charge in [-0.05, 0) is 37.1 Å². The molecule has 4 rings (SSSR count). The topological polar surface area (TPSA) is 68.8 Å². The quantitative estimate of drug-likeness (QED) is 0.788. The molecule has 1 fully saturated rings. The number of aliphatic hydroxyl groups is 1. The molecular weight excluding hydrogens is 332 g/mol. The minimum Gasteiger partial charge on any atom is -0.394 e. The number of hydrogen-bond donors (Lipinski definition) is 1. The number of halogens is 2. The Hall–Kier alpha value is -2.58. The smallest absolute Gasteiger partial charge is 0.336 e. The number of fused-ring (bicyclic) bond motifs is 1. The van der Waals surface area contributed by atoms with Crippen LogP contribution < -0.4 is 5.69 Å². The fraction of sp³-hybridized carbons (Fsp3) is 0.294. The van der Waals surface area contributed by atoms with Crippen LogP contribution in [0.1, 0.15) is 19.1 Å². The first-order chi connectivity index (χ1) is 12.1. The Balaban J connectivity index is 1.80. The van der Waals surface area contributed by atoms with Gasteiger partial charge in [-0.3, -0.25) is 4.57 Å². The summed E-state index contributed by atoms with van der Waals surface area (Å²) in [4.78, 5) is 16.8. The van der Waals surface area contributed by atoms with E-state index in [9.17, 15) is 13.6 Å². The largest absolute Gasteiger partial charge is 0.394 e. The van der Waals surface area contributed by atoms with Crippen molar-refractivity contribution in [2.75, 3.05) is 6.61 Å². The summed E-state index contributed by atoms with van der Waals surface area (Å²) in [6.45, 7) is -0.143. The monoisotopic (exact) mass is 347 g/mol. The molecule has 2 aromatic heterocycles. The molecule has 0 spiro atoms. The van der Waals surface area contributed by atoms with Crippen molar-refractivity contribution < 1.29 is 18.6 Å². The van der Waals surface area contributed by atoms with Crippen molar-refractivity contribution in [3.63, 3.8) is 0 Å². The highest BCUT2D eigenvalue weighted by Gasteiger charge is 2.28. The van der Waals surface area contributed by atoms with Gasteiger partial charge in [0, 0.05) is 11.8 Å². The number of nitrogens with zero attached hydrogens (tertiary/aromatic N) is 3. The molecular formula is C17H15F2N3O3. The molecule has 1 N–H and O–H groups in total. The van der Waals surface area contributed by atoms with E-state index < -0.39 is 23.6 Å². The summed E-state index contributed by atoms with van der Waals surface area (Å²) in [6, 6.07) is 5.57. The Kier molecular flexibility index (Phi) is 3.85. The number of aliphatic hydroxyl groups excluding tert-OH is 1. The van der Waals surface area contributed by atoms with Crippen LogP contribution in [0.3, 0.4) is 0 Å². The van der Waals surface area contributed by atoms with Crippen LogP contribution in [0.5, 0.6) is 0 Å². The minimum atomic E-state index is -0.663. The zero-order chi connectivity index (χ0) is 17.6. The van der Waals surface area contributed by atoms with Crippen molar-refractivity contribution in [2.24, 2.45) is 0 Å². The molecule has 0 unspecified atom stereocenters. The Morgan fingerprint density at radius 3 is 2.64 bits per heavy atom. The molecule has 2 atom stereocenters. The van der Waals surface area contributed by atoms with Gasteiger partial charge in [0.1, 0.15) is 12.0 Å². The lowest BCUT2D eigenvalue weighted by atomic mass is 10.2. The van der Waals surface area contributed by atoms with E-state index >= 15 is 0 Å². The summed E-state index contributed by atoms with van der Waals surface area (Å²) in [5, 5.41) is 9.15. The summed E-state index contributed by atoms with van der Waals surface area (Å²) in [5.41, 5.74) is 0.361. The van der Waals surface area contributed by atoms with Gasteiger partial charge in [-0.15, -0.1) is 0 Å². The Bertz CT molecular complexity index is 981. The first-order valence-electron chi connectivity index (χ1n) is 7.89. The van der Waals surface area contributed by atoms with E-state index in [2.05, 4.69) is 4.98 Å². The number of imidazole rings is 1. The van der Waals surface area contributed by atoms with Crippen molar-refractivity contribution in [3.8, 4) is 11.3 Å². The standard InChI is InChI=1S/C17H15F2N3O3/c18-11-3-1-10(2-4-11)14-8-22-16(20-14)13(19)7-21(17(22)24)15-6-5-12(9-23)25-15/h1-4,7-8,12,15,23H,5-6,9H2/t12-,15-/m0/s1. The van der Waals surface area contributed by atoms with E-state index in [1.807, 2.05) is 0 Å². The molecule has 0 saturated carbocycles. The van der Waals surface area contributed by atoms with Crippen LogP contribution in [0.4, 0.5) is 8.78 Å².